The van der Waals surface area contributed by atoms with Crippen LogP contribution < -0.4 is 0 Å². The molecule has 0 heteroatoms. The summed E-state index contributed by atoms with van der Waals surface area (Å²) >= 11 is 0. The predicted octanol–water partition coefficient (Wildman–Crippen LogP) is 4.10. The third kappa shape index (κ3) is 1.78. The molecule has 0 N–H and O–H groups in total. The molecule has 2 aliphatic carbocycles. The van der Waals surface area contributed by atoms with Crippen LogP contribution in [0.15, 0.2) is 0 Å². The third-order valence-corrected chi connectivity index (χ3v) is 4.88. The fraction of sp³-hybridized carbons (Fsp3) is 1.00. The van der Waals surface area contributed by atoms with Crippen molar-refractivity contribution in [2.75, 3.05) is 0 Å². The molecular weight excluding hydrogens is 156 g/mol. The van der Waals surface area contributed by atoms with E-state index in [1.807, 2.05) is 0 Å². The van der Waals surface area contributed by atoms with E-state index in [4.69, 9.17) is 0 Å². The fourth-order valence-corrected chi connectivity index (χ4v) is 3.65. The Hall–Kier alpha value is 0. The van der Waals surface area contributed by atoms with Gasteiger partial charge in [0.1, 0.15) is 0 Å². The van der Waals surface area contributed by atoms with Crippen LogP contribution in [0.2, 0.25) is 0 Å². The van der Waals surface area contributed by atoms with Crippen molar-refractivity contribution in [3.8, 4) is 0 Å². The van der Waals surface area contributed by atoms with E-state index in [0.717, 1.165) is 29.6 Å². The Morgan fingerprint density at radius 1 is 0.846 bits per heavy atom. The average molecular weight is 180 g/mol. The van der Waals surface area contributed by atoms with Crippen molar-refractivity contribution in [3.05, 3.63) is 0 Å². The van der Waals surface area contributed by atoms with Gasteiger partial charge in [-0.1, -0.05) is 33.6 Å². The summed E-state index contributed by atoms with van der Waals surface area (Å²) in [4.78, 5) is 0. The van der Waals surface area contributed by atoms with Gasteiger partial charge in [-0.05, 0) is 48.9 Å². The minimum absolute atomic E-state index is 0.992. The second-order valence-electron chi connectivity index (χ2n) is 5.76. The van der Waals surface area contributed by atoms with Gasteiger partial charge in [0, 0.05) is 0 Å². The lowest BCUT2D eigenvalue weighted by molar-refractivity contribution is 0.0530. The van der Waals surface area contributed by atoms with Crippen molar-refractivity contribution in [1.82, 2.24) is 0 Å². The van der Waals surface area contributed by atoms with E-state index in [-0.39, 0.29) is 0 Å². The van der Waals surface area contributed by atoms with Gasteiger partial charge in [0.2, 0.25) is 0 Å². The summed E-state index contributed by atoms with van der Waals surface area (Å²) in [5.41, 5.74) is 0. The number of rotatable bonds is 0. The van der Waals surface area contributed by atoms with Gasteiger partial charge in [-0.3, -0.25) is 0 Å². The van der Waals surface area contributed by atoms with E-state index >= 15 is 0 Å². The van der Waals surface area contributed by atoms with Gasteiger partial charge in [0.25, 0.3) is 0 Å². The molecule has 76 valence electrons. The molecule has 2 rings (SSSR count). The van der Waals surface area contributed by atoms with Crippen molar-refractivity contribution in [3.63, 3.8) is 0 Å². The molecule has 2 aliphatic rings. The number of hydrogen-bond donors (Lipinski definition) is 0. The van der Waals surface area contributed by atoms with Gasteiger partial charge in [-0.2, -0.15) is 0 Å². The highest BCUT2D eigenvalue weighted by atomic mass is 14.4. The Kier molecular flexibility index (Phi) is 2.67. The molecule has 0 spiro atoms. The molecule has 5 unspecified atom stereocenters. The third-order valence-electron chi connectivity index (χ3n) is 4.88. The van der Waals surface area contributed by atoms with Gasteiger partial charge in [-0.15, -0.1) is 0 Å². The summed E-state index contributed by atoms with van der Waals surface area (Å²) < 4.78 is 0. The molecule has 0 aromatic carbocycles. The Bertz CT molecular complexity index is 169. The first-order valence-corrected chi connectivity index (χ1v) is 6.18. The lowest BCUT2D eigenvalue weighted by Crippen LogP contribution is -2.36. The van der Waals surface area contributed by atoms with Crippen molar-refractivity contribution >= 4 is 0 Å². The van der Waals surface area contributed by atoms with Gasteiger partial charge in [0.05, 0.1) is 0 Å². The molecule has 0 radical (unpaired) electrons. The predicted molar refractivity (Wildman–Crippen MR) is 57.6 cm³/mol. The van der Waals surface area contributed by atoms with Crippen LogP contribution in [0.3, 0.4) is 0 Å². The molecule has 13 heavy (non-hydrogen) atoms. The quantitative estimate of drug-likeness (QED) is 0.526. The number of hydrogen-bond acceptors (Lipinski definition) is 0. The van der Waals surface area contributed by atoms with Crippen molar-refractivity contribution in [2.45, 2.75) is 52.9 Å². The second kappa shape index (κ2) is 3.63. The Balaban J connectivity index is 2.04. The average Bonchev–Trinajstić information content (AvgIpc) is 2.12. The van der Waals surface area contributed by atoms with E-state index in [1.54, 1.807) is 0 Å². The van der Waals surface area contributed by atoms with Crippen LogP contribution in [0, 0.1) is 29.6 Å². The normalized spacial score (nSPS) is 51.5. The Labute approximate surface area is 83.1 Å². The maximum Gasteiger partial charge on any atom is -0.0355 e. The summed E-state index contributed by atoms with van der Waals surface area (Å²) in [6.07, 6.45) is 7.58. The molecular formula is C13H24. The van der Waals surface area contributed by atoms with Crippen molar-refractivity contribution in [2.24, 2.45) is 29.6 Å². The summed E-state index contributed by atoms with van der Waals surface area (Å²) in [5, 5.41) is 0. The van der Waals surface area contributed by atoms with Crippen molar-refractivity contribution < 1.29 is 0 Å². The van der Waals surface area contributed by atoms with Crippen LogP contribution in [-0.2, 0) is 0 Å². The smallest absolute Gasteiger partial charge is 0.0355 e. The van der Waals surface area contributed by atoms with E-state index in [9.17, 15) is 0 Å². The zero-order chi connectivity index (χ0) is 9.42. The van der Waals surface area contributed by atoms with Crippen LogP contribution in [0.5, 0.6) is 0 Å². The summed E-state index contributed by atoms with van der Waals surface area (Å²) in [7, 11) is 0. The van der Waals surface area contributed by atoms with Crippen LogP contribution in [-0.4, -0.2) is 0 Å². The largest absolute Gasteiger partial charge is 0.0625 e. The first-order valence-electron chi connectivity index (χ1n) is 6.18. The standard InChI is InChI=1S/C13H24/c1-9-4-6-12-7-5-10(2)11(3)13(12)8-9/h9-13H,4-8H2,1-3H3. The van der Waals surface area contributed by atoms with Crippen molar-refractivity contribution in [1.29, 1.82) is 0 Å². The van der Waals surface area contributed by atoms with Crippen LogP contribution in [0.4, 0.5) is 0 Å². The highest BCUT2D eigenvalue weighted by Crippen LogP contribution is 2.47. The molecule has 0 bridgehead atoms. The molecule has 0 aliphatic heterocycles. The molecule has 5 atom stereocenters. The van der Waals surface area contributed by atoms with Crippen LogP contribution in [0.25, 0.3) is 0 Å². The Morgan fingerprint density at radius 3 is 2.31 bits per heavy atom. The molecule has 2 fully saturated rings. The molecule has 0 heterocycles. The Morgan fingerprint density at radius 2 is 1.54 bits per heavy atom. The van der Waals surface area contributed by atoms with E-state index in [0.29, 0.717) is 0 Å². The zero-order valence-corrected chi connectivity index (χ0v) is 9.42. The highest BCUT2D eigenvalue weighted by Gasteiger charge is 2.37. The first kappa shape index (κ1) is 9.55. The van der Waals surface area contributed by atoms with Gasteiger partial charge < -0.3 is 0 Å². The van der Waals surface area contributed by atoms with Gasteiger partial charge in [-0.25, -0.2) is 0 Å². The summed E-state index contributed by atoms with van der Waals surface area (Å²) in [6.45, 7) is 7.40. The molecule has 0 saturated heterocycles. The molecule has 0 nitrogen and oxygen atoms in total. The minimum atomic E-state index is 0.992. The summed E-state index contributed by atoms with van der Waals surface area (Å²) in [5.74, 6) is 5.18. The SMILES string of the molecule is CC1CCC2CCC(C)C(C)C2C1. The molecule has 2 saturated carbocycles. The molecule has 0 aromatic rings. The lowest BCUT2D eigenvalue weighted by Gasteiger charge is -2.45. The highest BCUT2D eigenvalue weighted by molar-refractivity contribution is 4.87. The molecule has 0 amide bonds. The second-order valence-corrected chi connectivity index (χ2v) is 5.76. The zero-order valence-electron chi connectivity index (χ0n) is 9.42. The monoisotopic (exact) mass is 180 g/mol. The lowest BCUT2D eigenvalue weighted by atomic mass is 9.61. The van der Waals surface area contributed by atoms with Crippen LogP contribution in [0.1, 0.15) is 52.9 Å². The topological polar surface area (TPSA) is 0 Å². The van der Waals surface area contributed by atoms with Crippen LogP contribution >= 0.6 is 0 Å². The van der Waals surface area contributed by atoms with E-state index in [1.165, 1.54) is 32.1 Å². The maximum absolute atomic E-state index is 2.50. The molecule has 0 aromatic heterocycles. The van der Waals surface area contributed by atoms with Gasteiger partial charge in [0.15, 0.2) is 0 Å². The summed E-state index contributed by atoms with van der Waals surface area (Å²) in [6, 6.07) is 0. The number of fused-ring (bicyclic) bond motifs is 1. The fourth-order valence-electron chi connectivity index (χ4n) is 3.65. The van der Waals surface area contributed by atoms with Gasteiger partial charge >= 0.3 is 0 Å². The minimum Gasteiger partial charge on any atom is -0.0625 e. The first-order chi connectivity index (χ1) is 6.18. The maximum atomic E-state index is 2.50. The van der Waals surface area contributed by atoms with E-state index < -0.39 is 0 Å². The van der Waals surface area contributed by atoms with E-state index in [2.05, 4.69) is 20.8 Å².